The van der Waals surface area contributed by atoms with Crippen LogP contribution in [-0.2, 0) is 0 Å². The summed E-state index contributed by atoms with van der Waals surface area (Å²) in [5.74, 6) is -1.65. The van der Waals surface area contributed by atoms with Crippen LogP contribution in [0.2, 0.25) is 10.2 Å². The lowest BCUT2D eigenvalue weighted by Crippen LogP contribution is -2.33. The Bertz CT molecular complexity index is 1220. The fourth-order valence-corrected chi connectivity index (χ4v) is 3.75. The van der Waals surface area contributed by atoms with Gasteiger partial charge in [-0.3, -0.25) is 5.21 Å². The molecule has 3 nitrogen and oxygen atoms in total. The molecule has 0 saturated carbocycles. The third-order valence-electron chi connectivity index (χ3n) is 4.48. The van der Waals surface area contributed by atoms with E-state index in [9.17, 15) is 14.0 Å². The standard InChI is InChI=1S/C21H13Cl2F2N2O/c1-11-5-6-12(15(22)9-11)14-10-18(23)26-20-13(14)7-8-27(28)21(20)19-16(24)3-2-4-17(19)25/h2-10,28H,1H3/q+1. The quantitative estimate of drug-likeness (QED) is 0.247. The van der Waals surface area contributed by atoms with Crippen molar-refractivity contribution in [1.82, 2.24) is 4.98 Å². The first-order valence-electron chi connectivity index (χ1n) is 8.32. The van der Waals surface area contributed by atoms with Gasteiger partial charge in [-0.25, -0.2) is 13.8 Å². The zero-order chi connectivity index (χ0) is 20.0. The SMILES string of the molecule is Cc1ccc(-c2cc(Cl)nc3c(-c4c(F)cccc4F)[n+](O)ccc23)c(Cl)c1. The van der Waals surface area contributed by atoms with E-state index in [1.807, 2.05) is 25.1 Å². The Labute approximate surface area is 169 Å². The van der Waals surface area contributed by atoms with Gasteiger partial charge in [0.25, 0.3) is 5.69 Å². The summed E-state index contributed by atoms with van der Waals surface area (Å²) >= 11 is 12.6. The van der Waals surface area contributed by atoms with E-state index in [4.69, 9.17) is 23.2 Å². The smallest absolute Gasteiger partial charge is 0.284 e. The van der Waals surface area contributed by atoms with Gasteiger partial charge < -0.3 is 0 Å². The Balaban J connectivity index is 2.13. The van der Waals surface area contributed by atoms with Crippen molar-refractivity contribution in [3.63, 3.8) is 0 Å². The first kappa shape index (κ1) is 18.6. The number of fused-ring (bicyclic) bond motifs is 1. The molecule has 0 saturated heterocycles. The van der Waals surface area contributed by atoms with Crippen molar-refractivity contribution in [2.45, 2.75) is 6.92 Å². The Hall–Kier alpha value is -2.76. The molecule has 0 fully saturated rings. The molecule has 0 spiro atoms. The predicted molar refractivity (Wildman–Crippen MR) is 105 cm³/mol. The molecule has 1 N–H and O–H groups in total. The molecule has 2 aromatic heterocycles. The summed E-state index contributed by atoms with van der Waals surface area (Å²) in [6, 6.07) is 12.2. The van der Waals surface area contributed by atoms with Crippen LogP contribution in [0.4, 0.5) is 8.78 Å². The summed E-state index contributed by atoms with van der Waals surface area (Å²) in [5.41, 5.74) is 1.93. The lowest BCUT2D eigenvalue weighted by Gasteiger charge is -2.11. The maximum atomic E-state index is 14.4. The molecule has 0 amide bonds. The summed E-state index contributed by atoms with van der Waals surface area (Å²) in [6.07, 6.45) is 1.30. The van der Waals surface area contributed by atoms with Crippen molar-refractivity contribution in [3.05, 3.63) is 82.1 Å². The van der Waals surface area contributed by atoms with E-state index in [0.717, 1.165) is 17.7 Å². The van der Waals surface area contributed by atoms with Crippen LogP contribution in [0, 0.1) is 18.6 Å². The molecule has 0 radical (unpaired) electrons. The second kappa shape index (κ2) is 7.00. The van der Waals surface area contributed by atoms with E-state index in [-0.39, 0.29) is 16.4 Å². The van der Waals surface area contributed by atoms with Crippen LogP contribution in [0.3, 0.4) is 0 Å². The summed E-state index contributed by atoms with van der Waals surface area (Å²) in [7, 11) is 0. The van der Waals surface area contributed by atoms with Crippen LogP contribution in [-0.4, -0.2) is 10.2 Å². The Morgan fingerprint density at radius 2 is 1.68 bits per heavy atom. The van der Waals surface area contributed by atoms with Crippen molar-refractivity contribution in [2.24, 2.45) is 0 Å². The molecule has 28 heavy (non-hydrogen) atoms. The monoisotopic (exact) mass is 417 g/mol. The molecule has 140 valence electrons. The highest BCUT2D eigenvalue weighted by Crippen LogP contribution is 2.37. The molecular formula is C21H13Cl2F2N2O+. The number of halogens is 4. The average molecular weight is 418 g/mol. The molecule has 0 bridgehead atoms. The molecule has 4 rings (SSSR count). The highest BCUT2D eigenvalue weighted by molar-refractivity contribution is 6.34. The fraction of sp³-hybridized carbons (Fsp3) is 0.0476. The van der Waals surface area contributed by atoms with E-state index in [2.05, 4.69) is 4.98 Å². The number of hydrogen-bond donors (Lipinski definition) is 1. The first-order chi connectivity index (χ1) is 13.4. The van der Waals surface area contributed by atoms with E-state index < -0.39 is 17.2 Å². The number of pyridine rings is 2. The largest absolute Gasteiger partial charge is 0.296 e. The van der Waals surface area contributed by atoms with Gasteiger partial charge in [-0.2, -0.15) is 0 Å². The van der Waals surface area contributed by atoms with Crippen LogP contribution in [0.5, 0.6) is 0 Å². The van der Waals surface area contributed by atoms with Crippen LogP contribution >= 0.6 is 23.2 Å². The van der Waals surface area contributed by atoms with Crippen molar-refractivity contribution < 1.29 is 18.7 Å². The van der Waals surface area contributed by atoms with E-state index in [1.165, 1.54) is 12.3 Å². The van der Waals surface area contributed by atoms with Crippen LogP contribution < -0.4 is 4.73 Å². The van der Waals surface area contributed by atoms with Gasteiger partial charge >= 0.3 is 0 Å². The minimum absolute atomic E-state index is 0.100. The second-order valence-electron chi connectivity index (χ2n) is 6.34. The van der Waals surface area contributed by atoms with Gasteiger partial charge in [0.05, 0.1) is 0 Å². The third-order valence-corrected chi connectivity index (χ3v) is 4.98. The van der Waals surface area contributed by atoms with Gasteiger partial charge in [0, 0.05) is 26.8 Å². The Morgan fingerprint density at radius 1 is 0.964 bits per heavy atom. The second-order valence-corrected chi connectivity index (χ2v) is 7.14. The van der Waals surface area contributed by atoms with E-state index in [0.29, 0.717) is 26.3 Å². The molecule has 0 unspecified atom stereocenters. The van der Waals surface area contributed by atoms with Gasteiger partial charge in [-0.1, -0.05) is 41.4 Å². The van der Waals surface area contributed by atoms with Crippen LogP contribution in [0.25, 0.3) is 33.3 Å². The third kappa shape index (κ3) is 3.07. The van der Waals surface area contributed by atoms with Crippen LogP contribution in [0.1, 0.15) is 5.56 Å². The van der Waals surface area contributed by atoms with Gasteiger partial charge in [-0.15, -0.1) is 0 Å². The zero-order valence-corrected chi connectivity index (χ0v) is 16.1. The normalized spacial score (nSPS) is 11.2. The van der Waals surface area contributed by atoms with Crippen molar-refractivity contribution >= 4 is 34.1 Å². The van der Waals surface area contributed by atoms with Gasteiger partial charge in [-0.05, 0) is 42.3 Å². The zero-order valence-electron chi connectivity index (χ0n) is 14.5. The molecule has 2 heterocycles. The maximum absolute atomic E-state index is 14.4. The van der Waals surface area contributed by atoms with Gasteiger partial charge in [0.2, 0.25) is 6.20 Å². The maximum Gasteiger partial charge on any atom is 0.296 e. The lowest BCUT2D eigenvalue weighted by atomic mass is 9.98. The van der Waals surface area contributed by atoms with Crippen molar-refractivity contribution in [2.75, 3.05) is 0 Å². The lowest BCUT2D eigenvalue weighted by molar-refractivity contribution is -0.895. The fourth-order valence-electron chi connectivity index (χ4n) is 3.22. The molecule has 0 aliphatic heterocycles. The number of nitrogens with zero attached hydrogens (tertiary/aromatic N) is 2. The minimum Gasteiger partial charge on any atom is -0.284 e. The number of aromatic nitrogens is 2. The Kier molecular flexibility index (Phi) is 4.65. The van der Waals surface area contributed by atoms with Crippen LogP contribution in [0.15, 0.2) is 54.7 Å². The number of rotatable bonds is 2. The molecule has 0 aliphatic carbocycles. The van der Waals surface area contributed by atoms with Crippen molar-refractivity contribution in [1.29, 1.82) is 0 Å². The highest BCUT2D eigenvalue weighted by atomic mass is 35.5. The number of benzene rings is 2. The summed E-state index contributed by atoms with van der Waals surface area (Å²) < 4.78 is 29.5. The first-order valence-corrected chi connectivity index (χ1v) is 9.07. The average Bonchev–Trinajstić information content (AvgIpc) is 2.62. The molecule has 0 aliphatic rings. The summed E-state index contributed by atoms with van der Waals surface area (Å²) in [4.78, 5) is 4.24. The van der Waals surface area contributed by atoms with E-state index >= 15 is 0 Å². The topological polar surface area (TPSA) is 37.0 Å². The van der Waals surface area contributed by atoms with Crippen molar-refractivity contribution in [3.8, 4) is 22.4 Å². The van der Waals surface area contributed by atoms with Gasteiger partial charge in [0.15, 0.2) is 0 Å². The number of hydrogen-bond acceptors (Lipinski definition) is 2. The molecular weight excluding hydrogens is 405 g/mol. The summed E-state index contributed by atoms with van der Waals surface area (Å²) in [6.45, 7) is 1.92. The molecule has 4 aromatic rings. The predicted octanol–water partition coefficient (Wildman–Crippen LogP) is 5.99. The van der Waals surface area contributed by atoms with Gasteiger partial charge in [0.1, 0.15) is 27.9 Å². The highest BCUT2D eigenvalue weighted by Gasteiger charge is 2.28. The summed E-state index contributed by atoms with van der Waals surface area (Å²) in [5, 5.41) is 11.5. The molecule has 0 atom stereocenters. The number of aryl methyl sites for hydroxylation is 1. The van der Waals surface area contributed by atoms with E-state index in [1.54, 1.807) is 12.1 Å². The Morgan fingerprint density at radius 3 is 2.36 bits per heavy atom. The molecule has 2 aromatic carbocycles. The molecule has 7 heteroatoms. The minimum atomic E-state index is -0.827.